The molecule has 0 saturated carbocycles. The molecule has 2 aromatic rings. The monoisotopic (exact) mass is 371 g/mol. The van der Waals surface area contributed by atoms with Crippen LogP contribution in [0.1, 0.15) is 18.6 Å². The van der Waals surface area contributed by atoms with E-state index >= 15 is 0 Å². The van der Waals surface area contributed by atoms with Gasteiger partial charge in [-0.1, -0.05) is 37.3 Å². The van der Waals surface area contributed by atoms with Gasteiger partial charge in [0.25, 0.3) is 0 Å². The van der Waals surface area contributed by atoms with Gasteiger partial charge in [0.2, 0.25) is 0 Å². The third-order valence-corrected chi connectivity index (χ3v) is 3.81. The van der Waals surface area contributed by atoms with Crippen LogP contribution in [0, 0.1) is 5.92 Å². The Morgan fingerprint density at radius 3 is 2.44 bits per heavy atom. The van der Waals surface area contributed by atoms with Crippen LogP contribution in [0.5, 0.6) is 11.5 Å². The Balaban J connectivity index is 2.24. The highest BCUT2D eigenvalue weighted by molar-refractivity contribution is 5.84. The molecule has 0 fully saturated rings. The Kier molecular flexibility index (Phi) is 6.82. The van der Waals surface area contributed by atoms with E-state index in [2.05, 4.69) is 5.32 Å². The van der Waals surface area contributed by atoms with Gasteiger partial charge in [-0.15, -0.1) is 0 Å². The molecule has 0 heterocycles. The Morgan fingerprint density at radius 2 is 1.85 bits per heavy atom. The average Bonchev–Trinajstić information content (AvgIpc) is 2.65. The molecule has 7 heteroatoms. The largest absolute Gasteiger partial charge is 0.504 e. The number of hydrogen-bond acceptors (Lipinski definition) is 5. The number of amides is 1. The molecule has 0 bridgehead atoms. The van der Waals surface area contributed by atoms with E-state index in [1.54, 1.807) is 43.3 Å². The van der Waals surface area contributed by atoms with Gasteiger partial charge in [0, 0.05) is 17.7 Å². The van der Waals surface area contributed by atoms with Crippen LogP contribution in [-0.4, -0.2) is 29.4 Å². The van der Waals surface area contributed by atoms with E-state index in [0.29, 0.717) is 11.3 Å². The molecule has 3 N–H and O–H groups in total. The summed E-state index contributed by atoms with van der Waals surface area (Å²) in [5, 5.41) is 21.5. The molecule has 0 aliphatic rings. The van der Waals surface area contributed by atoms with Gasteiger partial charge in [-0.25, -0.2) is 9.59 Å². The van der Waals surface area contributed by atoms with E-state index in [0.717, 1.165) is 6.08 Å². The Morgan fingerprint density at radius 1 is 1.15 bits per heavy atom. The standard InChI is InChI=1S/C20H21NO6/c1-13(8-11-18(23)24)19(14-9-10-17(26-2)16(22)12-14)27-20(25)21-15-6-4-3-5-7-15/h3-13,19,22H,1-2H3,(H,21,25)(H,23,24)/b11-8+/t13-,19+/m1/s1. The van der Waals surface area contributed by atoms with Crippen molar-refractivity contribution in [3.05, 3.63) is 66.2 Å². The summed E-state index contributed by atoms with van der Waals surface area (Å²) in [6, 6.07) is 13.4. The number of carboxylic acids is 1. The molecular weight excluding hydrogens is 350 g/mol. The zero-order chi connectivity index (χ0) is 19.8. The van der Waals surface area contributed by atoms with Crippen LogP contribution >= 0.6 is 0 Å². The van der Waals surface area contributed by atoms with Crippen LogP contribution in [0.2, 0.25) is 0 Å². The maximum Gasteiger partial charge on any atom is 0.412 e. The number of para-hydroxylation sites is 1. The fourth-order valence-electron chi connectivity index (χ4n) is 2.48. The molecular formula is C20H21NO6. The number of phenolic OH excluding ortho intramolecular Hbond substituents is 1. The minimum Gasteiger partial charge on any atom is -0.504 e. The van der Waals surface area contributed by atoms with E-state index in [1.165, 1.54) is 19.3 Å². The number of carbonyl (C=O) groups excluding carboxylic acids is 1. The highest BCUT2D eigenvalue weighted by atomic mass is 16.6. The normalized spacial score (nSPS) is 13.0. The Bertz CT molecular complexity index is 818. The molecule has 0 unspecified atom stereocenters. The fraction of sp³-hybridized carbons (Fsp3) is 0.200. The maximum atomic E-state index is 12.3. The van der Waals surface area contributed by atoms with E-state index in [9.17, 15) is 14.7 Å². The predicted molar refractivity (Wildman–Crippen MR) is 99.9 cm³/mol. The highest BCUT2D eigenvalue weighted by Gasteiger charge is 2.23. The van der Waals surface area contributed by atoms with Crippen molar-refractivity contribution in [2.45, 2.75) is 13.0 Å². The van der Waals surface area contributed by atoms with Crippen LogP contribution in [0.3, 0.4) is 0 Å². The van der Waals surface area contributed by atoms with Crippen LogP contribution in [0.4, 0.5) is 10.5 Å². The molecule has 27 heavy (non-hydrogen) atoms. The highest BCUT2D eigenvalue weighted by Crippen LogP contribution is 2.34. The summed E-state index contributed by atoms with van der Waals surface area (Å²) < 4.78 is 10.5. The number of ether oxygens (including phenoxy) is 2. The number of carboxylic acid groups (broad SMARTS) is 1. The van der Waals surface area contributed by atoms with E-state index in [4.69, 9.17) is 14.6 Å². The lowest BCUT2D eigenvalue weighted by molar-refractivity contribution is -0.131. The van der Waals surface area contributed by atoms with Crippen molar-refractivity contribution in [1.29, 1.82) is 0 Å². The first-order valence-corrected chi connectivity index (χ1v) is 8.21. The van der Waals surface area contributed by atoms with Crippen molar-refractivity contribution >= 4 is 17.7 Å². The van der Waals surface area contributed by atoms with Gasteiger partial charge in [0.05, 0.1) is 7.11 Å². The van der Waals surface area contributed by atoms with Crippen molar-refractivity contribution in [2.24, 2.45) is 5.92 Å². The molecule has 142 valence electrons. The number of hydrogen-bond donors (Lipinski definition) is 3. The summed E-state index contributed by atoms with van der Waals surface area (Å²) in [4.78, 5) is 23.1. The lowest BCUT2D eigenvalue weighted by Gasteiger charge is -2.23. The molecule has 2 rings (SSSR count). The number of rotatable bonds is 7. The molecule has 0 saturated heterocycles. The van der Waals surface area contributed by atoms with Gasteiger partial charge in [-0.05, 0) is 29.8 Å². The SMILES string of the molecule is COc1ccc([C@@H](OC(=O)Nc2ccccc2)[C@H](C)/C=C/C(=O)O)cc1O. The van der Waals surface area contributed by atoms with Crippen LogP contribution in [0.25, 0.3) is 0 Å². The molecule has 0 spiro atoms. The topological polar surface area (TPSA) is 105 Å². The number of methoxy groups -OCH3 is 1. The molecule has 2 atom stereocenters. The van der Waals surface area contributed by atoms with Gasteiger partial charge in [0.15, 0.2) is 11.5 Å². The summed E-state index contributed by atoms with van der Waals surface area (Å²) in [5.74, 6) is -1.40. The number of phenols is 1. The van der Waals surface area contributed by atoms with E-state index < -0.39 is 24.1 Å². The molecule has 0 aromatic heterocycles. The minimum absolute atomic E-state index is 0.110. The van der Waals surface area contributed by atoms with E-state index in [1.807, 2.05) is 6.07 Å². The van der Waals surface area contributed by atoms with Crippen molar-refractivity contribution in [2.75, 3.05) is 12.4 Å². The number of anilines is 1. The van der Waals surface area contributed by atoms with Crippen LogP contribution in [0.15, 0.2) is 60.7 Å². The smallest absolute Gasteiger partial charge is 0.412 e. The molecule has 0 aliphatic heterocycles. The summed E-state index contributed by atoms with van der Waals surface area (Å²) in [7, 11) is 1.42. The second-order valence-corrected chi connectivity index (χ2v) is 5.80. The predicted octanol–water partition coefficient (Wildman–Crippen LogP) is 3.97. The summed E-state index contributed by atoms with van der Waals surface area (Å²) in [5.41, 5.74) is 1.06. The number of aliphatic carboxylic acids is 1. The van der Waals surface area contributed by atoms with Crippen LogP contribution in [-0.2, 0) is 9.53 Å². The maximum absolute atomic E-state index is 12.3. The van der Waals surface area contributed by atoms with Gasteiger partial charge in [-0.2, -0.15) is 0 Å². The Labute approximate surface area is 156 Å². The minimum atomic E-state index is -1.10. The fourth-order valence-corrected chi connectivity index (χ4v) is 2.48. The van der Waals surface area contributed by atoms with Crippen molar-refractivity contribution < 1.29 is 29.3 Å². The van der Waals surface area contributed by atoms with Crippen molar-refractivity contribution in [3.8, 4) is 11.5 Å². The van der Waals surface area contributed by atoms with Crippen molar-refractivity contribution in [1.82, 2.24) is 0 Å². The summed E-state index contributed by atoms with van der Waals surface area (Å²) in [6.07, 6.45) is 0.891. The first kappa shape index (κ1) is 19.8. The lowest BCUT2D eigenvalue weighted by Crippen LogP contribution is -2.21. The Hall–Kier alpha value is -3.48. The van der Waals surface area contributed by atoms with Crippen molar-refractivity contribution in [3.63, 3.8) is 0 Å². The number of carbonyl (C=O) groups is 2. The summed E-state index contributed by atoms with van der Waals surface area (Å²) >= 11 is 0. The van der Waals surface area contributed by atoms with Gasteiger partial charge in [0.1, 0.15) is 6.10 Å². The van der Waals surface area contributed by atoms with E-state index in [-0.39, 0.29) is 11.5 Å². The quantitative estimate of drug-likeness (QED) is 0.636. The first-order chi connectivity index (χ1) is 12.9. The zero-order valence-corrected chi connectivity index (χ0v) is 15.0. The number of aromatic hydroxyl groups is 1. The molecule has 0 aliphatic carbocycles. The van der Waals surface area contributed by atoms with Gasteiger partial charge >= 0.3 is 12.1 Å². The second kappa shape index (κ2) is 9.28. The number of nitrogens with one attached hydrogen (secondary N) is 1. The zero-order valence-electron chi connectivity index (χ0n) is 15.0. The lowest BCUT2D eigenvalue weighted by atomic mass is 9.96. The summed E-state index contributed by atoms with van der Waals surface area (Å²) in [6.45, 7) is 1.71. The third kappa shape index (κ3) is 5.78. The average molecular weight is 371 g/mol. The van der Waals surface area contributed by atoms with Gasteiger partial charge < -0.3 is 19.7 Å². The molecule has 1 amide bonds. The molecule has 7 nitrogen and oxygen atoms in total. The van der Waals surface area contributed by atoms with Gasteiger partial charge in [-0.3, -0.25) is 5.32 Å². The third-order valence-electron chi connectivity index (χ3n) is 3.81. The molecule has 0 radical (unpaired) electrons. The second-order valence-electron chi connectivity index (χ2n) is 5.80. The number of benzene rings is 2. The molecule has 2 aromatic carbocycles. The first-order valence-electron chi connectivity index (χ1n) is 8.21. The van der Waals surface area contributed by atoms with Crippen LogP contribution < -0.4 is 10.1 Å².